The predicted molar refractivity (Wildman–Crippen MR) is 51.0 cm³/mol. The molecule has 72 valence electrons. The van der Waals surface area contributed by atoms with Gasteiger partial charge in [0.15, 0.2) is 5.78 Å². The van der Waals surface area contributed by atoms with Gasteiger partial charge in [-0.1, -0.05) is 0 Å². The van der Waals surface area contributed by atoms with Gasteiger partial charge in [-0.25, -0.2) is 4.39 Å². The molecule has 1 heterocycles. The number of rotatable bonds is 1. The first-order valence-electron chi connectivity index (χ1n) is 4.14. The Hall–Kier alpha value is -1.16. The summed E-state index contributed by atoms with van der Waals surface area (Å²) in [6.07, 6.45) is 0.628. The molecule has 0 bridgehead atoms. The van der Waals surface area contributed by atoms with Gasteiger partial charge in [0.05, 0.1) is 5.92 Å². The van der Waals surface area contributed by atoms with Crippen LogP contribution in [-0.2, 0) is 4.79 Å². The molecule has 0 aromatic heterocycles. The number of aldehydes is 1. The van der Waals surface area contributed by atoms with E-state index in [9.17, 15) is 14.0 Å². The topological polar surface area (TPSA) is 34.1 Å². The van der Waals surface area contributed by atoms with Crippen LogP contribution in [0.3, 0.4) is 0 Å². The highest BCUT2D eigenvalue weighted by Crippen LogP contribution is 2.32. The van der Waals surface area contributed by atoms with Gasteiger partial charge >= 0.3 is 0 Å². The average Bonchev–Trinajstić information content (AvgIpc) is 2.20. The minimum Gasteiger partial charge on any atom is -0.303 e. The van der Waals surface area contributed by atoms with Crippen molar-refractivity contribution in [3.63, 3.8) is 0 Å². The number of Topliss-reactive ketones (excluding diaryl/α,β-unsaturated/α-hetero) is 1. The van der Waals surface area contributed by atoms with Gasteiger partial charge in [0, 0.05) is 16.2 Å². The minimum absolute atomic E-state index is 0.270. The number of hydrogen-bond acceptors (Lipinski definition) is 3. The first-order valence-corrected chi connectivity index (χ1v) is 5.13. The van der Waals surface area contributed by atoms with Gasteiger partial charge in [0.2, 0.25) is 0 Å². The Kier molecular flexibility index (Phi) is 2.37. The van der Waals surface area contributed by atoms with Gasteiger partial charge < -0.3 is 4.79 Å². The molecule has 1 atom stereocenters. The summed E-state index contributed by atoms with van der Waals surface area (Å²) in [6, 6.07) is 4.09. The second-order valence-corrected chi connectivity index (χ2v) is 4.12. The molecule has 0 fully saturated rings. The maximum Gasteiger partial charge on any atom is 0.175 e. The Morgan fingerprint density at radius 1 is 1.50 bits per heavy atom. The molecular formula is C10H7FO2S. The van der Waals surface area contributed by atoms with E-state index in [1.807, 2.05) is 0 Å². The largest absolute Gasteiger partial charge is 0.303 e. The zero-order chi connectivity index (χ0) is 10.1. The fourth-order valence-corrected chi connectivity index (χ4v) is 2.45. The van der Waals surface area contributed by atoms with Gasteiger partial charge in [-0.2, -0.15) is 0 Å². The Bertz CT molecular complexity index is 403. The molecule has 2 rings (SSSR count). The lowest BCUT2D eigenvalue weighted by atomic mass is 10.00. The fourth-order valence-electron chi connectivity index (χ4n) is 1.38. The second kappa shape index (κ2) is 3.53. The monoisotopic (exact) mass is 210 g/mol. The number of ketones is 1. The molecule has 1 aromatic carbocycles. The molecule has 0 amide bonds. The van der Waals surface area contributed by atoms with Crippen LogP contribution in [0.2, 0.25) is 0 Å². The molecule has 4 heteroatoms. The van der Waals surface area contributed by atoms with E-state index in [2.05, 4.69) is 0 Å². The van der Waals surface area contributed by atoms with E-state index >= 15 is 0 Å². The van der Waals surface area contributed by atoms with Gasteiger partial charge in [-0.3, -0.25) is 4.79 Å². The van der Waals surface area contributed by atoms with Gasteiger partial charge in [-0.05, 0) is 18.2 Å². The van der Waals surface area contributed by atoms with E-state index in [1.54, 1.807) is 6.07 Å². The van der Waals surface area contributed by atoms with Crippen molar-refractivity contribution in [3.05, 3.63) is 29.6 Å². The van der Waals surface area contributed by atoms with Gasteiger partial charge in [0.25, 0.3) is 0 Å². The Balaban J connectivity index is 2.48. The first-order chi connectivity index (χ1) is 6.72. The van der Waals surface area contributed by atoms with Crippen molar-refractivity contribution in [1.82, 2.24) is 0 Å². The lowest BCUT2D eigenvalue weighted by Crippen LogP contribution is -2.23. The number of benzene rings is 1. The summed E-state index contributed by atoms with van der Waals surface area (Å²) in [6.45, 7) is 0. The zero-order valence-corrected chi connectivity index (χ0v) is 8.01. The van der Waals surface area contributed by atoms with Crippen LogP contribution in [0.1, 0.15) is 10.4 Å². The van der Waals surface area contributed by atoms with Crippen LogP contribution in [0.15, 0.2) is 23.1 Å². The normalized spacial score (nSPS) is 20.4. The van der Waals surface area contributed by atoms with Crippen molar-refractivity contribution in [2.75, 3.05) is 5.75 Å². The van der Waals surface area contributed by atoms with Crippen LogP contribution in [0.25, 0.3) is 0 Å². The number of thioether (sulfide) groups is 1. The summed E-state index contributed by atoms with van der Waals surface area (Å²) >= 11 is 1.42. The lowest BCUT2D eigenvalue weighted by molar-refractivity contribution is -0.109. The van der Waals surface area contributed by atoms with E-state index in [0.717, 1.165) is 4.90 Å². The summed E-state index contributed by atoms with van der Waals surface area (Å²) < 4.78 is 12.8. The van der Waals surface area contributed by atoms with E-state index in [0.29, 0.717) is 17.6 Å². The molecule has 0 aliphatic carbocycles. The van der Waals surface area contributed by atoms with E-state index in [4.69, 9.17) is 0 Å². The Labute approximate surface area is 84.5 Å². The third-order valence-electron chi connectivity index (χ3n) is 2.13. The standard InChI is InChI=1S/C10H7FO2S/c11-7-1-2-9-8(3-7)10(13)6(4-12)5-14-9/h1-4,6H,5H2. The van der Waals surface area contributed by atoms with Crippen LogP contribution in [-0.4, -0.2) is 17.8 Å². The molecule has 0 spiro atoms. The zero-order valence-electron chi connectivity index (χ0n) is 7.20. The van der Waals surface area contributed by atoms with Crippen molar-refractivity contribution in [3.8, 4) is 0 Å². The van der Waals surface area contributed by atoms with Crippen molar-refractivity contribution < 1.29 is 14.0 Å². The van der Waals surface area contributed by atoms with Crippen LogP contribution in [0.5, 0.6) is 0 Å². The molecule has 14 heavy (non-hydrogen) atoms. The number of carbonyl (C=O) groups excluding carboxylic acids is 2. The molecule has 0 N–H and O–H groups in total. The highest BCUT2D eigenvalue weighted by molar-refractivity contribution is 7.99. The molecule has 0 saturated heterocycles. The Morgan fingerprint density at radius 3 is 3.00 bits per heavy atom. The quantitative estimate of drug-likeness (QED) is 0.524. The third kappa shape index (κ3) is 1.46. The number of hydrogen-bond donors (Lipinski definition) is 0. The molecule has 1 aromatic rings. The summed E-state index contributed by atoms with van der Waals surface area (Å²) in [4.78, 5) is 22.9. The number of fused-ring (bicyclic) bond motifs is 1. The molecule has 0 radical (unpaired) electrons. The maximum atomic E-state index is 12.8. The predicted octanol–water partition coefficient (Wildman–Crippen LogP) is 1.93. The lowest BCUT2D eigenvalue weighted by Gasteiger charge is -2.18. The van der Waals surface area contributed by atoms with E-state index in [-0.39, 0.29) is 5.78 Å². The first kappa shape index (κ1) is 9.40. The molecule has 1 unspecified atom stereocenters. The molecule has 0 saturated carbocycles. The summed E-state index contributed by atoms with van der Waals surface area (Å²) in [5, 5.41) is 0. The fraction of sp³-hybridized carbons (Fsp3) is 0.200. The maximum absolute atomic E-state index is 12.8. The molecular weight excluding hydrogens is 203 g/mol. The van der Waals surface area contributed by atoms with Gasteiger partial charge in [0.1, 0.15) is 12.1 Å². The van der Waals surface area contributed by atoms with Crippen LogP contribution in [0, 0.1) is 11.7 Å². The van der Waals surface area contributed by atoms with Crippen LogP contribution in [0.4, 0.5) is 4.39 Å². The van der Waals surface area contributed by atoms with Crippen molar-refractivity contribution in [2.24, 2.45) is 5.92 Å². The molecule has 1 aliphatic heterocycles. The van der Waals surface area contributed by atoms with Gasteiger partial charge in [-0.15, -0.1) is 11.8 Å². The summed E-state index contributed by atoms with van der Waals surface area (Å²) in [5.41, 5.74) is 0.332. The summed E-state index contributed by atoms with van der Waals surface area (Å²) in [7, 11) is 0. The Morgan fingerprint density at radius 2 is 2.29 bits per heavy atom. The minimum atomic E-state index is -0.616. The highest BCUT2D eigenvalue weighted by atomic mass is 32.2. The number of halogens is 1. The number of carbonyl (C=O) groups is 2. The van der Waals surface area contributed by atoms with Crippen LogP contribution < -0.4 is 0 Å². The molecule has 1 aliphatic rings. The molecule has 2 nitrogen and oxygen atoms in total. The van der Waals surface area contributed by atoms with Crippen molar-refractivity contribution in [1.29, 1.82) is 0 Å². The van der Waals surface area contributed by atoms with E-state index < -0.39 is 11.7 Å². The highest BCUT2D eigenvalue weighted by Gasteiger charge is 2.27. The smallest absolute Gasteiger partial charge is 0.175 e. The van der Waals surface area contributed by atoms with Crippen molar-refractivity contribution in [2.45, 2.75) is 4.90 Å². The second-order valence-electron chi connectivity index (χ2n) is 3.06. The van der Waals surface area contributed by atoms with Crippen molar-refractivity contribution >= 4 is 23.8 Å². The SMILES string of the molecule is O=CC1CSc2ccc(F)cc2C1=O. The third-order valence-corrected chi connectivity index (χ3v) is 3.32. The van der Waals surface area contributed by atoms with Crippen LogP contribution >= 0.6 is 11.8 Å². The average molecular weight is 210 g/mol. The summed E-state index contributed by atoms with van der Waals surface area (Å²) in [5.74, 6) is -0.868. The van der Waals surface area contributed by atoms with E-state index in [1.165, 1.54) is 23.9 Å².